The van der Waals surface area contributed by atoms with Crippen molar-refractivity contribution < 1.29 is 4.80 Å². The van der Waals surface area contributed by atoms with Gasteiger partial charge in [0.15, 0.2) is 9.75 Å². The number of hydrogen-bond donors (Lipinski definition) is 1. The topological polar surface area (TPSA) is 20.2 Å². The summed E-state index contributed by atoms with van der Waals surface area (Å²) < 4.78 is 7.00. The quantitative estimate of drug-likeness (QED) is 0.614. The molecule has 0 atom stereocenters. The van der Waals surface area contributed by atoms with Crippen molar-refractivity contribution in [2.24, 2.45) is 0 Å². The van der Waals surface area contributed by atoms with Crippen LogP contribution in [0.25, 0.3) is 0 Å². The molecule has 1 saturated carbocycles. The lowest BCUT2D eigenvalue weighted by Crippen LogP contribution is -2.33. The molecule has 1 fully saturated rings. The van der Waals surface area contributed by atoms with Gasteiger partial charge in [0, 0.05) is 0 Å². The minimum atomic E-state index is -1.61. The highest BCUT2D eigenvalue weighted by molar-refractivity contribution is 6.71. The van der Waals surface area contributed by atoms with Gasteiger partial charge in [-0.2, -0.15) is 0 Å². The van der Waals surface area contributed by atoms with E-state index in [0.29, 0.717) is 0 Å². The van der Waals surface area contributed by atoms with Crippen LogP contribution in [-0.2, 0) is 0 Å². The molecule has 0 aliphatic heterocycles. The highest BCUT2D eigenvalue weighted by atomic mass is 28.4. The van der Waals surface area contributed by atoms with E-state index >= 15 is 0 Å². The molecule has 0 unspecified atom stereocenters. The molecule has 0 amide bonds. The standard InChI is InChI=1S/C8H18OSi/c1-10(2,9)8-6-4-3-5-7-8/h8-9H,3-7H2,1-2H3/i9D. The van der Waals surface area contributed by atoms with E-state index in [1.54, 1.807) is 0 Å². The Kier molecular flexibility index (Phi) is 2.09. The Labute approximate surface area is 66.1 Å². The lowest BCUT2D eigenvalue weighted by molar-refractivity contribution is 0.435. The Bertz CT molecular complexity index is 121. The van der Waals surface area contributed by atoms with Crippen LogP contribution in [0.4, 0.5) is 0 Å². The molecule has 1 aliphatic carbocycles. The van der Waals surface area contributed by atoms with Crippen LogP contribution >= 0.6 is 0 Å². The molecule has 0 saturated heterocycles. The van der Waals surface area contributed by atoms with Gasteiger partial charge in [-0.05, 0) is 18.6 Å². The van der Waals surface area contributed by atoms with Gasteiger partial charge in [0.05, 0.1) is 0 Å². The van der Waals surface area contributed by atoms with E-state index in [4.69, 9.17) is 6.23 Å². The fourth-order valence-corrected chi connectivity index (χ4v) is 3.60. The normalized spacial score (nSPS) is 24.4. The zero-order chi connectivity index (χ0) is 8.32. The molecule has 0 aromatic heterocycles. The van der Waals surface area contributed by atoms with E-state index in [2.05, 4.69) is 13.1 Å². The summed E-state index contributed by atoms with van der Waals surface area (Å²) in [6.07, 6.45) is 6.70. The molecule has 60 valence electrons. The molecule has 0 spiro atoms. The third kappa shape index (κ3) is 2.10. The molecule has 1 rings (SSSR count). The van der Waals surface area contributed by atoms with E-state index in [1.807, 2.05) is 0 Å². The van der Waals surface area contributed by atoms with Gasteiger partial charge >= 0.3 is 0 Å². The van der Waals surface area contributed by atoms with Crippen LogP contribution in [0.1, 0.15) is 32.1 Å². The maximum absolute atomic E-state index is 7.00. The van der Waals surface area contributed by atoms with Crippen LogP contribution in [0, 0.1) is 0 Å². The molecule has 0 aromatic rings. The minimum absolute atomic E-state index is 0.744. The fourth-order valence-electron chi connectivity index (χ4n) is 1.80. The smallest absolute Gasteiger partial charge is 0.193 e. The summed E-state index contributed by atoms with van der Waals surface area (Å²) in [7, 11) is -1.61. The Morgan fingerprint density at radius 1 is 1.30 bits per heavy atom. The first-order valence-corrected chi connectivity index (χ1v) is 7.29. The summed E-state index contributed by atoms with van der Waals surface area (Å²) in [5.41, 5.74) is 0.744. The second kappa shape index (κ2) is 3.05. The van der Waals surface area contributed by atoms with Crippen LogP contribution < -0.4 is 0 Å². The van der Waals surface area contributed by atoms with Crippen LogP contribution in [0.15, 0.2) is 0 Å². The molecular weight excluding hydrogens is 140 g/mol. The van der Waals surface area contributed by atoms with Crippen molar-refractivity contribution in [1.82, 2.24) is 0 Å². The van der Waals surface area contributed by atoms with Gasteiger partial charge < -0.3 is 4.80 Å². The average molecular weight is 159 g/mol. The monoisotopic (exact) mass is 159 g/mol. The van der Waals surface area contributed by atoms with Crippen molar-refractivity contribution in [3.05, 3.63) is 0 Å². The summed E-state index contributed by atoms with van der Waals surface area (Å²) in [6, 6.07) is 0. The Morgan fingerprint density at radius 3 is 2.40 bits per heavy atom. The van der Waals surface area contributed by atoms with E-state index in [9.17, 15) is 0 Å². The zero-order valence-electron chi connectivity index (χ0n) is 8.02. The molecule has 0 aromatic carbocycles. The van der Waals surface area contributed by atoms with Crippen LogP contribution in [0.5, 0.6) is 0 Å². The van der Waals surface area contributed by atoms with Gasteiger partial charge in [-0.15, -0.1) is 0 Å². The highest BCUT2D eigenvalue weighted by Crippen LogP contribution is 2.35. The van der Waals surface area contributed by atoms with Gasteiger partial charge in [0.1, 0.15) is 0 Å². The van der Waals surface area contributed by atoms with Crippen molar-refractivity contribution in [2.75, 3.05) is 0 Å². The molecule has 10 heavy (non-hydrogen) atoms. The second-order valence-electron chi connectivity index (χ2n) is 3.94. The fraction of sp³-hybridized carbons (Fsp3) is 1.00. The lowest BCUT2D eigenvalue weighted by Gasteiger charge is -2.30. The van der Waals surface area contributed by atoms with E-state index in [0.717, 1.165) is 5.54 Å². The predicted octanol–water partition coefficient (Wildman–Crippen LogP) is 2.52. The van der Waals surface area contributed by atoms with Crippen LogP contribution in [-0.4, -0.2) is 14.5 Å². The maximum Gasteiger partial charge on any atom is 0.193 e. The van der Waals surface area contributed by atoms with E-state index < -0.39 is 8.32 Å². The summed E-state index contributed by atoms with van der Waals surface area (Å²) in [6.45, 7) is 4.33. The van der Waals surface area contributed by atoms with Crippen LogP contribution in [0.2, 0.25) is 18.6 Å². The average Bonchev–Trinajstić information content (AvgIpc) is 2.06. The Balaban J connectivity index is 2.43. The summed E-state index contributed by atoms with van der Waals surface area (Å²) >= 11 is 0. The van der Waals surface area contributed by atoms with Crippen molar-refractivity contribution in [2.45, 2.75) is 50.7 Å². The van der Waals surface area contributed by atoms with Gasteiger partial charge in [-0.25, -0.2) is 0 Å². The molecular formula is C8H18OSi. The Hall–Kier alpha value is 0.177. The maximum atomic E-state index is 7.00. The molecule has 2 heteroatoms. The van der Waals surface area contributed by atoms with Crippen molar-refractivity contribution >= 4 is 8.32 Å². The van der Waals surface area contributed by atoms with Gasteiger partial charge in [0.2, 0.25) is 0 Å². The van der Waals surface area contributed by atoms with Gasteiger partial charge in [-0.1, -0.05) is 32.1 Å². The first kappa shape index (κ1) is 6.86. The van der Waals surface area contributed by atoms with E-state index in [-0.39, 0.29) is 0 Å². The summed E-state index contributed by atoms with van der Waals surface area (Å²) in [5, 5.41) is 0. The SMILES string of the molecule is [2H]O[Si](C)(C)C1CCCCC1. The summed E-state index contributed by atoms with van der Waals surface area (Å²) in [5.74, 6) is 0. The van der Waals surface area contributed by atoms with Crippen molar-refractivity contribution in [1.29, 1.82) is 1.43 Å². The first-order chi connectivity index (χ1) is 5.17. The van der Waals surface area contributed by atoms with Gasteiger partial charge in [0.25, 0.3) is 0 Å². The van der Waals surface area contributed by atoms with Crippen molar-refractivity contribution in [3.8, 4) is 0 Å². The zero-order valence-corrected chi connectivity index (χ0v) is 8.02. The van der Waals surface area contributed by atoms with Crippen LogP contribution in [0.3, 0.4) is 0 Å². The molecule has 0 heterocycles. The second-order valence-corrected chi connectivity index (χ2v) is 7.96. The predicted molar refractivity (Wildman–Crippen MR) is 46.5 cm³/mol. The first-order valence-electron chi connectivity index (χ1n) is 4.72. The third-order valence-corrected chi connectivity index (χ3v) is 5.13. The molecule has 0 radical (unpaired) electrons. The van der Waals surface area contributed by atoms with Gasteiger partial charge in [-0.3, -0.25) is 0 Å². The molecule has 1 nitrogen and oxygen atoms in total. The molecule has 0 bridgehead atoms. The Morgan fingerprint density at radius 2 is 1.90 bits per heavy atom. The van der Waals surface area contributed by atoms with Crippen molar-refractivity contribution in [3.63, 3.8) is 0 Å². The number of hydrogen-bond acceptors (Lipinski definition) is 1. The highest BCUT2D eigenvalue weighted by Gasteiger charge is 2.30. The summed E-state index contributed by atoms with van der Waals surface area (Å²) in [4.78, 5) is 4.87. The lowest BCUT2D eigenvalue weighted by atomic mass is 10.0. The molecule has 1 aliphatic rings. The third-order valence-electron chi connectivity index (χ3n) is 2.59. The van der Waals surface area contributed by atoms with E-state index in [1.165, 1.54) is 32.1 Å². The minimum Gasteiger partial charge on any atom is -0.432 e. The molecule has 1 N–H and O–H groups in total. The largest absolute Gasteiger partial charge is 0.432 e. The number of rotatable bonds is 2.